The van der Waals surface area contributed by atoms with Crippen molar-refractivity contribution in [3.05, 3.63) is 46.3 Å². The third-order valence-corrected chi connectivity index (χ3v) is 3.36. The first kappa shape index (κ1) is 12.1. The fourth-order valence-electron chi connectivity index (χ4n) is 1.55. The van der Waals surface area contributed by atoms with Gasteiger partial charge in [0.2, 0.25) is 5.88 Å². The standard InChI is InChI=1S/C13H16N2OS/c1-16-13-6-2-4-11(15-13)10-14-8-7-12-5-3-9-17-12/h2-6,9,14H,7-8,10H2,1H3. The molecule has 0 aliphatic carbocycles. The Hall–Kier alpha value is -1.39. The van der Waals surface area contributed by atoms with E-state index in [0.29, 0.717) is 5.88 Å². The van der Waals surface area contributed by atoms with Crippen LogP contribution in [0.15, 0.2) is 35.7 Å². The van der Waals surface area contributed by atoms with Crippen LogP contribution in [-0.2, 0) is 13.0 Å². The van der Waals surface area contributed by atoms with Crippen molar-refractivity contribution in [2.24, 2.45) is 0 Å². The normalized spacial score (nSPS) is 10.4. The van der Waals surface area contributed by atoms with Gasteiger partial charge < -0.3 is 10.1 Å². The van der Waals surface area contributed by atoms with Crippen molar-refractivity contribution >= 4 is 11.3 Å². The summed E-state index contributed by atoms with van der Waals surface area (Å²) in [7, 11) is 1.64. The molecule has 90 valence electrons. The van der Waals surface area contributed by atoms with Gasteiger partial charge >= 0.3 is 0 Å². The van der Waals surface area contributed by atoms with Crippen molar-refractivity contribution in [2.45, 2.75) is 13.0 Å². The highest BCUT2D eigenvalue weighted by molar-refractivity contribution is 7.09. The van der Waals surface area contributed by atoms with Gasteiger partial charge in [-0.1, -0.05) is 12.1 Å². The summed E-state index contributed by atoms with van der Waals surface area (Å²) in [6, 6.07) is 10.1. The van der Waals surface area contributed by atoms with Crippen molar-refractivity contribution in [3.63, 3.8) is 0 Å². The number of hydrogen-bond donors (Lipinski definition) is 1. The molecule has 2 aromatic rings. The molecule has 1 N–H and O–H groups in total. The van der Waals surface area contributed by atoms with Gasteiger partial charge in [-0.15, -0.1) is 11.3 Å². The largest absolute Gasteiger partial charge is 0.481 e. The molecule has 0 aliphatic rings. The summed E-state index contributed by atoms with van der Waals surface area (Å²) >= 11 is 1.80. The molecule has 0 aliphatic heterocycles. The number of methoxy groups -OCH3 is 1. The number of nitrogens with one attached hydrogen (secondary N) is 1. The maximum absolute atomic E-state index is 5.08. The Kier molecular flexibility index (Phi) is 4.53. The van der Waals surface area contributed by atoms with Crippen molar-refractivity contribution in [1.82, 2.24) is 10.3 Å². The highest BCUT2D eigenvalue weighted by Gasteiger charge is 1.98. The van der Waals surface area contributed by atoms with Crippen molar-refractivity contribution in [3.8, 4) is 5.88 Å². The number of aromatic nitrogens is 1. The van der Waals surface area contributed by atoms with Gasteiger partial charge in [-0.2, -0.15) is 0 Å². The van der Waals surface area contributed by atoms with Gasteiger partial charge in [0.05, 0.1) is 12.8 Å². The average Bonchev–Trinajstić information content (AvgIpc) is 2.88. The van der Waals surface area contributed by atoms with Gasteiger partial charge in [-0.3, -0.25) is 0 Å². The van der Waals surface area contributed by atoms with Gasteiger partial charge in [0, 0.05) is 24.0 Å². The molecule has 0 aromatic carbocycles. The molecule has 4 heteroatoms. The Morgan fingerprint density at radius 3 is 3.00 bits per heavy atom. The molecule has 0 amide bonds. The van der Waals surface area contributed by atoms with Gasteiger partial charge in [0.15, 0.2) is 0 Å². The fourth-order valence-corrected chi connectivity index (χ4v) is 2.26. The molecule has 0 fully saturated rings. The molecule has 2 heterocycles. The molecular weight excluding hydrogens is 232 g/mol. The van der Waals surface area contributed by atoms with E-state index in [1.165, 1.54) is 4.88 Å². The van der Waals surface area contributed by atoms with E-state index in [0.717, 1.165) is 25.2 Å². The Balaban J connectivity index is 1.74. The third kappa shape index (κ3) is 3.84. The van der Waals surface area contributed by atoms with E-state index in [4.69, 9.17) is 4.74 Å². The predicted octanol–water partition coefficient (Wildman–Crippen LogP) is 2.48. The first-order valence-electron chi connectivity index (χ1n) is 5.61. The zero-order chi connectivity index (χ0) is 11.9. The summed E-state index contributed by atoms with van der Waals surface area (Å²) in [5, 5.41) is 5.49. The molecule has 0 saturated heterocycles. The molecule has 3 nitrogen and oxygen atoms in total. The molecule has 0 unspecified atom stereocenters. The summed E-state index contributed by atoms with van der Waals surface area (Å²) in [5.74, 6) is 0.669. The Bertz CT molecular complexity index is 442. The van der Waals surface area contributed by atoms with Crippen LogP contribution in [0.3, 0.4) is 0 Å². The van der Waals surface area contributed by atoms with Crippen LogP contribution in [0.25, 0.3) is 0 Å². The SMILES string of the molecule is COc1cccc(CNCCc2cccs2)n1. The van der Waals surface area contributed by atoms with Crippen molar-refractivity contribution in [2.75, 3.05) is 13.7 Å². The first-order valence-corrected chi connectivity index (χ1v) is 6.49. The van der Waals surface area contributed by atoms with E-state index in [9.17, 15) is 0 Å². The second kappa shape index (κ2) is 6.37. The minimum atomic E-state index is 0.669. The van der Waals surface area contributed by atoms with Crippen LogP contribution in [0.2, 0.25) is 0 Å². The second-order valence-electron chi connectivity index (χ2n) is 3.68. The summed E-state index contributed by atoms with van der Waals surface area (Å²) in [5.41, 5.74) is 1.01. The van der Waals surface area contributed by atoms with Crippen LogP contribution in [0, 0.1) is 0 Å². The van der Waals surface area contributed by atoms with E-state index in [2.05, 4.69) is 27.8 Å². The van der Waals surface area contributed by atoms with Gasteiger partial charge in [0.25, 0.3) is 0 Å². The summed E-state index contributed by atoms with van der Waals surface area (Å²) in [4.78, 5) is 5.76. The zero-order valence-electron chi connectivity index (χ0n) is 9.85. The molecule has 17 heavy (non-hydrogen) atoms. The van der Waals surface area contributed by atoms with Crippen molar-refractivity contribution in [1.29, 1.82) is 0 Å². The highest BCUT2D eigenvalue weighted by Crippen LogP contribution is 2.09. The van der Waals surface area contributed by atoms with Crippen molar-refractivity contribution < 1.29 is 4.74 Å². The van der Waals surface area contributed by atoms with Crippen LogP contribution in [0.1, 0.15) is 10.6 Å². The van der Waals surface area contributed by atoms with Crippen LogP contribution in [0.4, 0.5) is 0 Å². The quantitative estimate of drug-likeness (QED) is 0.797. The lowest BCUT2D eigenvalue weighted by Crippen LogP contribution is -2.17. The molecule has 0 atom stereocenters. The molecule has 0 radical (unpaired) electrons. The van der Waals surface area contributed by atoms with Gasteiger partial charge in [0.1, 0.15) is 0 Å². The number of hydrogen-bond acceptors (Lipinski definition) is 4. The summed E-state index contributed by atoms with van der Waals surface area (Å²) < 4.78 is 5.08. The average molecular weight is 248 g/mol. The monoisotopic (exact) mass is 248 g/mol. The van der Waals surface area contributed by atoms with Crippen LogP contribution in [-0.4, -0.2) is 18.6 Å². The highest BCUT2D eigenvalue weighted by atomic mass is 32.1. The number of nitrogens with zero attached hydrogens (tertiary/aromatic N) is 1. The third-order valence-electron chi connectivity index (χ3n) is 2.42. The molecule has 2 rings (SSSR count). The first-order chi connectivity index (χ1) is 8.38. The predicted molar refractivity (Wildman–Crippen MR) is 70.5 cm³/mol. The molecule has 0 spiro atoms. The zero-order valence-corrected chi connectivity index (χ0v) is 10.7. The topological polar surface area (TPSA) is 34.1 Å². The summed E-state index contributed by atoms with van der Waals surface area (Å²) in [6.45, 7) is 1.75. The molecular formula is C13H16N2OS. The lowest BCUT2D eigenvalue weighted by molar-refractivity contribution is 0.395. The van der Waals surface area contributed by atoms with Crippen LogP contribution in [0.5, 0.6) is 5.88 Å². The smallest absolute Gasteiger partial charge is 0.213 e. The van der Waals surface area contributed by atoms with Crippen LogP contribution < -0.4 is 10.1 Å². The van der Waals surface area contributed by atoms with E-state index in [1.54, 1.807) is 18.4 Å². The number of rotatable bonds is 6. The lowest BCUT2D eigenvalue weighted by Gasteiger charge is -2.05. The molecule has 2 aromatic heterocycles. The van der Waals surface area contributed by atoms with E-state index >= 15 is 0 Å². The lowest BCUT2D eigenvalue weighted by atomic mass is 10.3. The van der Waals surface area contributed by atoms with E-state index in [1.807, 2.05) is 18.2 Å². The number of pyridine rings is 1. The minimum Gasteiger partial charge on any atom is -0.481 e. The minimum absolute atomic E-state index is 0.669. The maximum Gasteiger partial charge on any atom is 0.213 e. The molecule has 0 bridgehead atoms. The van der Waals surface area contributed by atoms with E-state index < -0.39 is 0 Å². The van der Waals surface area contributed by atoms with Crippen LogP contribution >= 0.6 is 11.3 Å². The van der Waals surface area contributed by atoms with E-state index in [-0.39, 0.29) is 0 Å². The Labute approximate surface area is 105 Å². The Morgan fingerprint density at radius 2 is 2.24 bits per heavy atom. The summed E-state index contributed by atoms with van der Waals surface area (Å²) in [6.07, 6.45) is 1.07. The second-order valence-corrected chi connectivity index (χ2v) is 4.71. The Morgan fingerprint density at radius 1 is 1.29 bits per heavy atom. The fraction of sp³-hybridized carbons (Fsp3) is 0.308. The van der Waals surface area contributed by atoms with Gasteiger partial charge in [-0.05, 0) is 23.9 Å². The maximum atomic E-state index is 5.08. The van der Waals surface area contributed by atoms with Gasteiger partial charge in [-0.25, -0.2) is 4.98 Å². The number of ether oxygens (including phenoxy) is 1. The number of thiophene rings is 1. The molecule has 0 saturated carbocycles.